The normalized spacial score (nSPS) is 12.6. The van der Waals surface area contributed by atoms with Gasteiger partial charge in [0.1, 0.15) is 0 Å². The Labute approximate surface area is 143 Å². The van der Waals surface area contributed by atoms with Crippen LogP contribution in [0, 0.1) is 0 Å². The maximum absolute atomic E-state index is 12.2. The Morgan fingerprint density at radius 2 is 1.78 bits per heavy atom. The second kappa shape index (κ2) is 7.67. The van der Waals surface area contributed by atoms with Gasteiger partial charge in [0, 0.05) is 23.4 Å². The summed E-state index contributed by atoms with van der Waals surface area (Å²) in [6, 6.07) is 8.85. The van der Waals surface area contributed by atoms with Crippen LogP contribution in [0.25, 0.3) is 0 Å². The SMILES string of the molecule is C[C@H](NS(=O)(=O)c1ccc(Br)cc1)C(=O)NCc1ccncc1. The van der Waals surface area contributed by atoms with Crippen LogP contribution >= 0.6 is 15.9 Å². The molecule has 0 saturated carbocycles. The number of amides is 1. The summed E-state index contributed by atoms with van der Waals surface area (Å²) in [5.74, 6) is -0.400. The molecule has 0 unspecified atom stereocenters. The summed E-state index contributed by atoms with van der Waals surface area (Å²) in [5, 5.41) is 2.68. The summed E-state index contributed by atoms with van der Waals surface area (Å²) in [6.07, 6.45) is 3.25. The molecule has 1 heterocycles. The number of hydrogen-bond donors (Lipinski definition) is 2. The van der Waals surface area contributed by atoms with Gasteiger partial charge < -0.3 is 5.32 Å². The molecule has 0 aliphatic carbocycles. The van der Waals surface area contributed by atoms with Gasteiger partial charge in [0.05, 0.1) is 10.9 Å². The number of sulfonamides is 1. The van der Waals surface area contributed by atoms with Crippen molar-refractivity contribution in [3.63, 3.8) is 0 Å². The molecule has 6 nitrogen and oxygen atoms in total. The van der Waals surface area contributed by atoms with Crippen LogP contribution in [0.15, 0.2) is 58.2 Å². The summed E-state index contributed by atoms with van der Waals surface area (Å²) in [7, 11) is -3.75. The van der Waals surface area contributed by atoms with E-state index in [9.17, 15) is 13.2 Å². The van der Waals surface area contributed by atoms with Gasteiger partial charge in [-0.3, -0.25) is 9.78 Å². The van der Waals surface area contributed by atoms with E-state index in [0.29, 0.717) is 6.54 Å². The summed E-state index contributed by atoms with van der Waals surface area (Å²) in [4.78, 5) is 16.0. The van der Waals surface area contributed by atoms with E-state index in [1.807, 2.05) is 0 Å². The van der Waals surface area contributed by atoms with E-state index < -0.39 is 22.0 Å². The van der Waals surface area contributed by atoms with Gasteiger partial charge in [-0.05, 0) is 48.9 Å². The van der Waals surface area contributed by atoms with E-state index in [1.54, 1.807) is 36.7 Å². The highest BCUT2D eigenvalue weighted by atomic mass is 79.9. The smallest absolute Gasteiger partial charge is 0.241 e. The molecule has 0 aliphatic rings. The fourth-order valence-electron chi connectivity index (χ4n) is 1.81. The summed E-state index contributed by atoms with van der Waals surface area (Å²) in [5.41, 5.74) is 0.885. The van der Waals surface area contributed by atoms with Crippen LogP contribution in [0.2, 0.25) is 0 Å². The van der Waals surface area contributed by atoms with Crippen LogP contribution in [0.5, 0.6) is 0 Å². The Morgan fingerprint density at radius 1 is 1.17 bits per heavy atom. The van der Waals surface area contributed by atoms with Crippen molar-refractivity contribution in [2.45, 2.75) is 24.4 Å². The number of hydrogen-bond acceptors (Lipinski definition) is 4. The number of nitrogens with one attached hydrogen (secondary N) is 2. The van der Waals surface area contributed by atoms with Crippen LogP contribution in [-0.4, -0.2) is 25.4 Å². The molecule has 1 aromatic heterocycles. The highest BCUT2D eigenvalue weighted by molar-refractivity contribution is 9.10. The second-order valence-corrected chi connectivity index (χ2v) is 7.50. The third-order valence-electron chi connectivity index (χ3n) is 3.07. The average Bonchev–Trinajstić information content (AvgIpc) is 2.53. The molecule has 0 fully saturated rings. The summed E-state index contributed by atoms with van der Waals surface area (Å²) in [6.45, 7) is 1.81. The van der Waals surface area contributed by atoms with Crippen LogP contribution < -0.4 is 10.0 Å². The Balaban J connectivity index is 1.96. The lowest BCUT2D eigenvalue weighted by Crippen LogP contribution is -2.44. The topological polar surface area (TPSA) is 88.2 Å². The van der Waals surface area contributed by atoms with Gasteiger partial charge >= 0.3 is 0 Å². The predicted molar refractivity (Wildman–Crippen MR) is 90.0 cm³/mol. The Bertz CT molecular complexity index is 764. The molecule has 0 bridgehead atoms. The Morgan fingerprint density at radius 3 is 2.39 bits per heavy atom. The lowest BCUT2D eigenvalue weighted by molar-refractivity contribution is -0.122. The molecule has 1 amide bonds. The minimum Gasteiger partial charge on any atom is -0.351 e. The highest BCUT2D eigenvalue weighted by Crippen LogP contribution is 2.14. The molecule has 122 valence electrons. The van der Waals surface area contributed by atoms with Gasteiger partial charge in [0.25, 0.3) is 0 Å². The van der Waals surface area contributed by atoms with Gasteiger partial charge in [-0.15, -0.1) is 0 Å². The molecule has 0 radical (unpaired) electrons. The zero-order valence-corrected chi connectivity index (χ0v) is 14.8. The molecule has 1 atom stereocenters. The van der Waals surface area contributed by atoms with Gasteiger partial charge in [-0.25, -0.2) is 8.42 Å². The van der Waals surface area contributed by atoms with Gasteiger partial charge in [-0.2, -0.15) is 4.72 Å². The van der Waals surface area contributed by atoms with Crippen molar-refractivity contribution in [1.29, 1.82) is 0 Å². The van der Waals surface area contributed by atoms with Gasteiger partial charge in [-0.1, -0.05) is 15.9 Å². The van der Waals surface area contributed by atoms with E-state index in [2.05, 4.69) is 31.0 Å². The minimum atomic E-state index is -3.75. The van der Waals surface area contributed by atoms with E-state index in [-0.39, 0.29) is 4.90 Å². The number of aromatic nitrogens is 1. The van der Waals surface area contributed by atoms with E-state index in [0.717, 1.165) is 10.0 Å². The fraction of sp³-hybridized carbons (Fsp3) is 0.200. The van der Waals surface area contributed by atoms with Crippen molar-refractivity contribution >= 4 is 31.9 Å². The van der Waals surface area contributed by atoms with E-state index in [4.69, 9.17) is 0 Å². The molecule has 2 N–H and O–H groups in total. The molecule has 23 heavy (non-hydrogen) atoms. The van der Waals surface area contributed by atoms with Crippen molar-refractivity contribution in [1.82, 2.24) is 15.0 Å². The monoisotopic (exact) mass is 397 g/mol. The van der Waals surface area contributed by atoms with Crippen LogP contribution in [-0.2, 0) is 21.4 Å². The largest absolute Gasteiger partial charge is 0.351 e. The van der Waals surface area contributed by atoms with E-state index >= 15 is 0 Å². The molecule has 2 rings (SSSR count). The molecule has 0 aliphatic heterocycles. The number of benzene rings is 1. The lowest BCUT2D eigenvalue weighted by Gasteiger charge is -2.14. The quantitative estimate of drug-likeness (QED) is 0.777. The zero-order valence-electron chi connectivity index (χ0n) is 12.4. The molecule has 2 aromatic rings. The third-order valence-corrected chi connectivity index (χ3v) is 5.15. The predicted octanol–water partition coefficient (Wildman–Crippen LogP) is 1.83. The number of rotatable bonds is 6. The maximum atomic E-state index is 12.2. The first-order valence-corrected chi connectivity index (χ1v) is 9.10. The maximum Gasteiger partial charge on any atom is 0.241 e. The number of halogens is 1. The standard InChI is InChI=1S/C15H16BrN3O3S/c1-11(15(20)18-10-12-6-8-17-9-7-12)19-23(21,22)14-4-2-13(16)3-5-14/h2-9,11,19H,10H2,1H3,(H,18,20)/t11-/m0/s1. The van der Waals surface area contributed by atoms with Gasteiger partial charge in [0.2, 0.25) is 15.9 Å². The van der Waals surface area contributed by atoms with Crippen molar-refractivity contribution in [2.24, 2.45) is 0 Å². The van der Waals surface area contributed by atoms with Crippen LogP contribution in [0.3, 0.4) is 0 Å². The molecule has 0 spiro atoms. The molecular weight excluding hydrogens is 382 g/mol. The first-order valence-electron chi connectivity index (χ1n) is 6.83. The Kier molecular flexibility index (Phi) is 5.86. The van der Waals surface area contributed by atoms with Crippen molar-refractivity contribution in [3.05, 3.63) is 58.8 Å². The molecular formula is C15H16BrN3O3S. The molecule has 1 aromatic carbocycles. The van der Waals surface area contributed by atoms with E-state index in [1.165, 1.54) is 19.1 Å². The summed E-state index contributed by atoms with van der Waals surface area (Å²) < 4.78 is 27.6. The number of pyridine rings is 1. The summed E-state index contributed by atoms with van der Waals surface area (Å²) >= 11 is 3.25. The van der Waals surface area contributed by atoms with Gasteiger partial charge in [0.15, 0.2) is 0 Å². The third kappa shape index (κ3) is 5.12. The lowest BCUT2D eigenvalue weighted by atomic mass is 10.2. The zero-order chi connectivity index (χ0) is 16.9. The van der Waals surface area contributed by atoms with Crippen LogP contribution in [0.4, 0.5) is 0 Å². The number of carbonyl (C=O) groups is 1. The fourth-order valence-corrected chi connectivity index (χ4v) is 3.28. The first kappa shape index (κ1) is 17.6. The number of carbonyl (C=O) groups excluding carboxylic acids is 1. The van der Waals surface area contributed by atoms with Crippen LogP contribution in [0.1, 0.15) is 12.5 Å². The van der Waals surface area contributed by atoms with Crippen molar-refractivity contribution in [2.75, 3.05) is 0 Å². The van der Waals surface area contributed by atoms with Crippen molar-refractivity contribution < 1.29 is 13.2 Å². The minimum absolute atomic E-state index is 0.106. The number of nitrogens with zero attached hydrogens (tertiary/aromatic N) is 1. The Hall–Kier alpha value is -1.77. The second-order valence-electron chi connectivity index (χ2n) is 4.87. The first-order chi connectivity index (χ1) is 10.9. The molecule has 8 heteroatoms. The molecule has 0 saturated heterocycles. The van der Waals surface area contributed by atoms with Crippen molar-refractivity contribution in [3.8, 4) is 0 Å². The average molecular weight is 398 g/mol. The highest BCUT2D eigenvalue weighted by Gasteiger charge is 2.21.